The second kappa shape index (κ2) is 21.7. The van der Waals surface area contributed by atoms with E-state index in [0.29, 0.717) is 47.7 Å². The third-order valence-electron chi connectivity index (χ3n) is 7.63. The zero-order valence-corrected chi connectivity index (χ0v) is 29.8. The van der Waals surface area contributed by atoms with Crippen molar-refractivity contribution in [2.75, 3.05) is 0 Å². The first-order valence-electron chi connectivity index (χ1n) is 16.3. The molecule has 0 unspecified atom stereocenters. The molecule has 0 radical (unpaired) electrons. The molecule has 6 aromatic carbocycles. The zero-order chi connectivity index (χ0) is 36.7. The van der Waals surface area contributed by atoms with Crippen LogP contribution in [0.1, 0.15) is 64.7 Å². The summed E-state index contributed by atoms with van der Waals surface area (Å²) in [7, 11) is 0. The van der Waals surface area contributed by atoms with Gasteiger partial charge in [0, 0.05) is 12.1 Å². The van der Waals surface area contributed by atoms with Crippen LogP contribution < -0.4 is 18.9 Å². The molecule has 6 aromatic rings. The number of aromatic carboxylic acids is 1. The average Bonchev–Trinajstić information content (AvgIpc) is 3.17. The van der Waals surface area contributed by atoms with Crippen LogP contribution in [-0.2, 0) is 26.4 Å². The van der Waals surface area contributed by atoms with Gasteiger partial charge in [-0.05, 0) is 41.3 Å². The first-order chi connectivity index (χ1) is 25.3. The molecule has 0 spiro atoms. The number of carboxylic acids is 1. The highest BCUT2D eigenvalue weighted by Crippen LogP contribution is 2.35. The Labute approximate surface area is 327 Å². The second-order valence-corrected chi connectivity index (χ2v) is 12.3. The molecule has 280 valence electrons. The Hall–Kier alpha value is -5.76. The summed E-state index contributed by atoms with van der Waals surface area (Å²) in [6.07, 6.45) is 0. The zero-order valence-electron chi connectivity index (χ0n) is 28.3. The molecule has 0 aliphatic heterocycles. The largest absolute Gasteiger partial charge is 0.488 e. The molecule has 7 nitrogen and oxygen atoms in total. The van der Waals surface area contributed by atoms with E-state index < -0.39 is 5.97 Å². The lowest BCUT2D eigenvalue weighted by Gasteiger charge is -2.14. The van der Waals surface area contributed by atoms with E-state index in [-0.39, 0.29) is 43.6 Å². The van der Waals surface area contributed by atoms with Crippen molar-refractivity contribution in [3.63, 3.8) is 0 Å². The number of carbonyl (C=O) groups excluding carboxylic acids is 1. The second-order valence-electron chi connectivity index (χ2n) is 11.5. The van der Waals surface area contributed by atoms with Gasteiger partial charge in [0.1, 0.15) is 55.0 Å². The molecular weight excluding hydrogens is 723 g/mol. The number of halogens is 2. The lowest BCUT2D eigenvalue weighted by molar-refractivity contribution is 0.0691. The molecule has 0 heterocycles. The lowest BCUT2D eigenvalue weighted by atomic mass is 10.1. The minimum atomic E-state index is -1.11. The Morgan fingerprint density at radius 1 is 0.463 bits per heavy atom. The fourth-order valence-corrected chi connectivity index (χ4v) is 5.35. The Bertz CT molecular complexity index is 1910. The van der Waals surface area contributed by atoms with Gasteiger partial charge in [-0.25, -0.2) is 4.79 Å². The number of carbonyl (C=O) groups is 2. The topological polar surface area (TPSA) is 91.3 Å². The highest BCUT2D eigenvalue weighted by molar-refractivity contribution is 6.33. The van der Waals surface area contributed by atoms with Crippen LogP contribution in [0.5, 0.6) is 23.0 Å². The van der Waals surface area contributed by atoms with Gasteiger partial charge < -0.3 is 24.1 Å². The van der Waals surface area contributed by atoms with Crippen LogP contribution in [0.15, 0.2) is 146 Å². The van der Waals surface area contributed by atoms with Gasteiger partial charge in [-0.3, -0.25) is 4.79 Å². The van der Waals surface area contributed by atoms with Crippen LogP contribution >= 0.6 is 23.2 Å². The van der Waals surface area contributed by atoms with Crippen LogP contribution in [0.4, 0.5) is 0 Å². The maximum atomic E-state index is 11.9. The standard InChI is InChI=1S/C22H19ClO3.C21H17ClO4.2CH4/c1-16(24)19-12-20(23)22(26-15-18-10-6-3-7-11-18)13-21(19)25-14-17-8-4-2-5-9-17;22-18-11-17(21(23)24)19(25-13-15-7-3-1-4-8-15)12-20(18)26-14-16-9-5-2-6-10-16;;/h2-13H,14-15H2,1H3;1-12H,13-14H2,(H,23,24);2*1H4. The highest BCUT2D eigenvalue weighted by Gasteiger charge is 2.17. The van der Waals surface area contributed by atoms with Gasteiger partial charge in [0.25, 0.3) is 0 Å². The SMILES string of the molecule is C.C.CC(=O)c1cc(Cl)c(OCc2ccccc2)cc1OCc1ccccc1.O=C(O)c1cc(Cl)c(OCc2ccccc2)cc1OCc1ccccc1. The van der Waals surface area contributed by atoms with Crippen molar-refractivity contribution in [2.24, 2.45) is 0 Å². The number of rotatable bonds is 14. The summed E-state index contributed by atoms with van der Waals surface area (Å²) in [6.45, 7) is 2.82. The summed E-state index contributed by atoms with van der Waals surface area (Å²) < 4.78 is 23.2. The maximum absolute atomic E-state index is 11.9. The summed E-state index contributed by atoms with van der Waals surface area (Å²) in [5.74, 6) is 0.337. The predicted octanol–water partition coefficient (Wildman–Crippen LogP) is 12.2. The molecule has 54 heavy (non-hydrogen) atoms. The average molecular weight is 768 g/mol. The van der Waals surface area contributed by atoms with Crippen LogP contribution in [0.3, 0.4) is 0 Å². The Balaban J connectivity index is 0.000000280. The van der Waals surface area contributed by atoms with E-state index in [9.17, 15) is 14.7 Å². The van der Waals surface area contributed by atoms with E-state index >= 15 is 0 Å². The highest BCUT2D eigenvalue weighted by atomic mass is 35.5. The van der Waals surface area contributed by atoms with Gasteiger partial charge in [0.05, 0.1) is 15.6 Å². The number of ketones is 1. The molecule has 0 saturated carbocycles. The molecular formula is C45H44Cl2O7. The molecule has 9 heteroatoms. The monoisotopic (exact) mass is 766 g/mol. The van der Waals surface area contributed by atoms with E-state index in [1.807, 2.05) is 121 Å². The first kappa shape index (κ1) is 42.7. The minimum Gasteiger partial charge on any atom is -0.488 e. The van der Waals surface area contributed by atoms with Crippen molar-refractivity contribution in [3.8, 4) is 23.0 Å². The number of Topliss-reactive ketones (excluding diaryl/α,β-unsaturated/α-hetero) is 1. The van der Waals surface area contributed by atoms with Gasteiger partial charge in [-0.1, -0.05) is 159 Å². The van der Waals surface area contributed by atoms with Gasteiger partial charge in [0.2, 0.25) is 0 Å². The van der Waals surface area contributed by atoms with E-state index in [2.05, 4.69) is 0 Å². The molecule has 0 saturated heterocycles. The van der Waals surface area contributed by atoms with Crippen molar-refractivity contribution >= 4 is 35.0 Å². The number of benzene rings is 6. The Kier molecular flexibility index (Phi) is 17.1. The van der Waals surface area contributed by atoms with E-state index in [1.165, 1.54) is 19.1 Å². The van der Waals surface area contributed by atoms with E-state index in [0.717, 1.165) is 22.3 Å². The normalized spacial score (nSPS) is 9.98. The summed E-state index contributed by atoms with van der Waals surface area (Å²) in [4.78, 5) is 23.4. The number of ether oxygens (including phenoxy) is 4. The third kappa shape index (κ3) is 12.7. The van der Waals surface area contributed by atoms with Crippen molar-refractivity contribution in [2.45, 2.75) is 48.2 Å². The van der Waals surface area contributed by atoms with Crippen LogP contribution in [0.25, 0.3) is 0 Å². The fraction of sp³-hybridized carbons (Fsp3) is 0.156. The quantitative estimate of drug-likeness (QED) is 0.110. The number of hydrogen-bond donors (Lipinski definition) is 1. The number of hydrogen-bond acceptors (Lipinski definition) is 6. The first-order valence-corrected chi connectivity index (χ1v) is 17.1. The minimum absolute atomic E-state index is 0. The summed E-state index contributed by atoms with van der Waals surface area (Å²) >= 11 is 12.5. The molecule has 0 bridgehead atoms. The van der Waals surface area contributed by atoms with Gasteiger partial charge in [-0.15, -0.1) is 0 Å². The molecule has 0 aliphatic rings. The van der Waals surface area contributed by atoms with Gasteiger partial charge >= 0.3 is 5.97 Å². The van der Waals surface area contributed by atoms with E-state index in [1.54, 1.807) is 12.1 Å². The molecule has 1 N–H and O–H groups in total. The smallest absolute Gasteiger partial charge is 0.339 e. The lowest BCUT2D eigenvalue weighted by Crippen LogP contribution is -2.05. The van der Waals surface area contributed by atoms with Gasteiger partial charge in [-0.2, -0.15) is 0 Å². The fourth-order valence-electron chi connectivity index (χ4n) is 4.91. The van der Waals surface area contributed by atoms with E-state index in [4.69, 9.17) is 42.1 Å². The summed E-state index contributed by atoms with van der Waals surface area (Å²) in [5, 5.41) is 10.0. The van der Waals surface area contributed by atoms with Crippen molar-refractivity contribution < 1.29 is 33.6 Å². The van der Waals surface area contributed by atoms with Crippen LogP contribution in [0, 0.1) is 0 Å². The Morgan fingerprint density at radius 3 is 1.04 bits per heavy atom. The molecule has 0 aliphatic carbocycles. The van der Waals surface area contributed by atoms with Crippen molar-refractivity contribution in [1.29, 1.82) is 0 Å². The third-order valence-corrected chi connectivity index (χ3v) is 8.22. The molecule has 6 rings (SSSR count). The van der Waals surface area contributed by atoms with Crippen molar-refractivity contribution in [3.05, 3.63) is 189 Å². The molecule has 0 amide bonds. The summed E-state index contributed by atoms with van der Waals surface area (Å²) in [5.41, 5.74) is 4.41. The van der Waals surface area contributed by atoms with Crippen molar-refractivity contribution in [1.82, 2.24) is 0 Å². The maximum Gasteiger partial charge on any atom is 0.339 e. The van der Waals surface area contributed by atoms with Gasteiger partial charge in [0.15, 0.2) is 5.78 Å². The molecule has 0 fully saturated rings. The predicted molar refractivity (Wildman–Crippen MR) is 216 cm³/mol. The van der Waals surface area contributed by atoms with Crippen LogP contribution in [0.2, 0.25) is 10.0 Å². The number of carboxylic acid groups (broad SMARTS) is 1. The van der Waals surface area contributed by atoms with Crippen LogP contribution in [-0.4, -0.2) is 16.9 Å². The molecule has 0 aromatic heterocycles. The Morgan fingerprint density at radius 2 is 0.741 bits per heavy atom. The molecule has 0 atom stereocenters. The summed E-state index contributed by atoms with van der Waals surface area (Å²) in [6, 6.07) is 44.9.